The number of carboxylic acid groups (broad SMARTS) is 4. The zero-order valence-corrected chi connectivity index (χ0v) is 30.6. The summed E-state index contributed by atoms with van der Waals surface area (Å²) >= 11 is 0. The number of pyridine rings is 4. The highest BCUT2D eigenvalue weighted by Crippen LogP contribution is 2.20. The molecule has 2 atom stereocenters. The van der Waals surface area contributed by atoms with Gasteiger partial charge in [-0.05, 0) is 108 Å². The lowest BCUT2D eigenvalue weighted by Crippen LogP contribution is -2.15. The van der Waals surface area contributed by atoms with E-state index in [0.717, 1.165) is 25.7 Å². The van der Waals surface area contributed by atoms with Crippen LogP contribution in [0.4, 0.5) is 0 Å². The topological polar surface area (TPSA) is 201 Å². The Bertz CT molecular complexity index is 1780. The monoisotopic (exact) mass is 756 g/mol. The Morgan fingerprint density at radius 1 is 0.375 bits per heavy atom. The second-order valence-corrected chi connectivity index (χ2v) is 12.2. The molecule has 0 fully saturated rings. The predicted molar refractivity (Wildman–Crippen MR) is 210 cm³/mol. The molecular formula is C44H44N4O8. The van der Waals surface area contributed by atoms with E-state index >= 15 is 0 Å². The Balaban J connectivity index is 0.000000200. The fourth-order valence-corrected chi connectivity index (χ4v) is 5.19. The molecule has 12 nitrogen and oxygen atoms in total. The van der Waals surface area contributed by atoms with Gasteiger partial charge in [-0.2, -0.15) is 0 Å². The number of nitrogens with zero attached hydrogens (tertiary/aromatic N) is 4. The Hall–Kier alpha value is -7.08. The number of aliphatic carboxylic acids is 4. The summed E-state index contributed by atoms with van der Waals surface area (Å²) in [6, 6.07) is 33.2. The minimum absolute atomic E-state index is 0.390. The van der Waals surface area contributed by atoms with Gasteiger partial charge in [0.05, 0.1) is 24.7 Å². The Labute approximate surface area is 325 Å². The quantitative estimate of drug-likeness (QED) is 0.0874. The van der Waals surface area contributed by atoms with Crippen molar-refractivity contribution in [3.8, 4) is 0 Å². The van der Waals surface area contributed by atoms with Gasteiger partial charge in [0, 0.05) is 49.6 Å². The number of aromatic nitrogens is 4. The van der Waals surface area contributed by atoms with Crippen molar-refractivity contribution in [3.63, 3.8) is 0 Å². The molecule has 0 aliphatic heterocycles. The highest BCUT2D eigenvalue weighted by atomic mass is 16.4. The number of hydrogen-bond acceptors (Lipinski definition) is 8. The maximum atomic E-state index is 10.8. The van der Waals surface area contributed by atoms with Gasteiger partial charge in [-0.1, -0.05) is 60.7 Å². The summed E-state index contributed by atoms with van der Waals surface area (Å²) in [5.74, 6) is -6.37. The van der Waals surface area contributed by atoms with Gasteiger partial charge in [-0.25, -0.2) is 0 Å². The van der Waals surface area contributed by atoms with Crippen LogP contribution in [0.15, 0.2) is 159 Å². The fraction of sp³-hybridized carbons (Fsp3) is 0.182. The lowest BCUT2D eigenvalue weighted by molar-refractivity contribution is -0.145. The molecule has 4 aromatic heterocycles. The van der Waals surface area contributed by atoms with Crippen LogP contribution in [0.3, 0.4) is 0 Å². The first kappa shape index (κ1) is 43.3. The van der Waals surface area contributed by atoms with E-state index in [1.54, 1.807) is 60.7 Å². The molecule has 4 N–H and O–H groups in total. The maximum absolute atomic E-state index is 10.8. The second kappa shape index (κ2) is 25.0. The molecule has 0 unspecified atom stereocenters. The minimum Gasteiger partial charge on any atom is -0.481 e. The molecule has 12 heteroatoms. The van der Waals surface area contributed by atoms with Gasteiger partial charge in [-0.3, -0.25) is 39.1 Å². The lowest BCUT2D eigenvalue weighted by Gasteiger charge is -2.09. The van der Waals surface area contributed by atoms with E-state index in [4.69, 9.17) is 20.4 Å². The molecule has 0 saturated carbocycles. The van der Waals surface area contributed by atoms with Crippen LogP contribution >= 0.6 is 0 Å². The Kier molecular flexibility index (Phi) is 19.4. The van der Waals surface area contributed by atoms with Crippen LogP contribution in [0, 0.1) is 0 Å². The zero-order chi connectivity index (χ0) is 40.4. The first-order chi connectivity index (χ1) is 27.1. The van der Waals surface area contributed by atoms with Gasteiger partial charge in [0.1, 0.15) is 0 Å². The van der Waals surface area contributed by atoms with Crippen LogP contribution in [0.2, 0.25) is 0 Å². The van der Waals surface area contributed by atoms with E-state index in [9.17, 15) is 19.2 Å². The number of carboxylic acids is 4. The molecule has 6 aromatic rings. The molecule has 288 valence electrons. The predicted octanol–water partition coefficient (Wildman–Crippen LogP) is 7.18. The third-order valence-electron chi connectivity index (χ3n) is 8.16. The van der Waals surface area contributed by atoms with Crippen molar-refractivity contribution < 1.29 is 39.6 Å². The van der Waals surface area contributed by atoms with Crippen molar-refractivity contribution in [2.24, 2.45) is 0 Å². The standard InChI is InChI=1S/2C12H12N2.2C10H10O4/c2*1(11-3-7-13-8-4-11)2-12-5-9-14-10-6-12;2*11-9(12)6-8(10(13)14)7-4-2-1-3-5-7/h2*3-10H,1-2H2;2*1-5,8H,6H2,(H,11,12)(H,13,14)/t;;2*8-/m..10/s1. The molecule has 0 aliphatic rings. The minimum atomic E-state index is -1.11. The maximum Gasteiger partial charge on any atom is 0.311 e. The van der Waals surface area contributed by atoms with Gasteiger partial charge in [0.2, 0.25) is 0 Å². The largest absolute Gasteiger partial charge is 0.481 e. The van der Waals surface area contributed by atoms with E-state index in [1.807, 2.05) is 49.6 Å². The Morgan fingerprint density at radius 2 is 0.607 bits per heavy atom. The summed E-state index contributed by atoms with van der Waals surface area (Å²) in [4.78, 5) is 58.4. The number of benzene rings is 2. The van der Waals surface area contributed by atoms with Crippen molar-refractivity contribution in [2.45, 2.75) is 50.4 Å². The van der Waals surface area contributed by atoms with Gasteiger partial charge in [-0.15, -0.1) is 0 Å². The van der Waals surface area contributed by atoms with E-state index in [1.165, 1.54) is 22.3 Å². The van der Waals surface area contributed by atoms with Crippen LogP contribution in [0.25, 0.3) is 0 Å². The summed E-state index contributed by atoms with van der Waals surface area (Å²) in [7, 11) is 0. The Morgan fingerprint density at radius 3 is 0.804 bits per heavy atom. The molecule has 0 aliphatic carbocycles. The fourth-order valence-electron chi connectivity index (χ4n) is 5.19. The van der Waals surface area contributed by atoms with E-state index in [-0.39, 0.29) is 12.8 Å². The first-order valence-electron chi connectivity index (χ1n) is 17.7. The molecule has 0 radical (unpaired) electrons. The smallest absolute Gasteiger partial charge is 0.311 e. The summed E-state index contributed by atoms with van der Waals surface area (Å²) < 4.78 is 0. The third kappa shape index (κ3) is 17.6. The van der Waals surface area contributed by atoms with Gasteiger partial charge < -0.3 is 20.4 Å². The molecule has 2 aromatic carbocycles. The van der Waals surface area contributed by atoms with Crippen LogP contribution < -0.4 is 0 Å². The van der Waals surface area contributed by atoms with Crippen LogP contribution in [0.5, 0.6) is 0 Å². The molecule has 4 heterocycles. The van der Waals surface area contributed by atoms with Crippen molar-refractivity contribution in [1.82, 2.24) is 19.9 Å². The summed E-state index contributed by atoms with van der Waals surface area (Å²) in [5, 5.41) is 34.7. The summed E-state index contributed by atoms with van der Waals surface area (Å²) in [6.07, 6.45) is 18.2. The normalized spacial score (nSPS) is 11.0. The molecule has 0 amide bonds. The second-order valence-electron chi connectivity index (χ2n) is 12.2. The van der Waals surface area contributed by atoms with Crippen LogP contribution in [-0.4, -0.2) is 64.2 Å². The number of aryl methyl sites for hydroxylation is 4. The average molecular weight is 757 g/mol. The van der Waals surface area contributed by atoms with Gasteiger partial charge >= 0.3 is 23.9 Å². The number of hydrogen-bond donors (Lipinski definition) is 4. The number of rotatable bonds is 14. The van der Waals surface area contributed by atoms with E-state index < -0.39 is 35.7 Å². The third-order valence-corrected chi connectivity index (χ3v) is 8.16. The highest BCUT2D eigenvalue weighted by Gasteiger charge is 2.23. The molecule has 6 rings (SSSR count). The first-order valence-corrected chi connectivity index (χ1v) is 17.7. The summed E-state index contributed by atoms with van der Waals surface area (Å²) in [5.41, 5.74) is 6.35. The molecule has 0 saturated heterocycles. The molecule has 0 spiro atoms. The SMILES string of the molecule is O=C(O)C[C@@H](C(=O)O)c1ccccc1.O=C(O)C[C@H](C(=O)O)c1ccccc1.c1cc(CCc2ccncc2)ccn1.c1cc(CCc2ccncc2)ccn1. The van der Waals surface area contributed by atoms with Crippen LogP contribution in [0.1, 0.15) is 58.1 Å². The zero-order valence-electron chi connectivity index (χ0n) is 30.6. The van der Waals surface area contributed by atoms with Crippen molar-refractivity contribution in [3.05, 3.63) is 192 Å². The molecular weight excluding hydrogens is 713 g/mol. The lowest BCUT2D eigenvalue weighted by atomic mass is 9.96. The van der Waals surface area contributed by atoms with E-state index in [2.05, 4.69) is 68.5 Å². The highest BCUT2D eigenvalue weighted by molar-refractivity contribution is 5.83. The van der Waals surface area contributed by atoms with Gasteiger partial charge in [0.15, 0.2) is 0 Å². The van der Waals surface area contributed by atoms with Gasteiger partial charge in [0.25, 0.3) is 0 Å². The summed E-state index contributed by atoms with van der Waals surface area (Å²) in [6.45, 7) is 0. The molecule has 56 heavy (non-hydrogen) atoms. The van der Waals surface area contributed by atoms with E-state index in [0.29, 0.717) is 11.1 Å². The van der Waals surface area contributed by atoms with Crippen molar-refractivity contribution in [1.29, 1.82) is 0 Å². The average Bonchev–Trinajstić information content (AvgIpc) is 3.23. The number of carbonyl (C=O) groups is 4. The van der Waals surface area contributed by atoms with Crippen molar-refractivity contribution in [2.75, 3.05) is 0 Å². The van der Waals surface area contributed by atoms with Crippen molar-refractivity contribution >= 4 is 23.9 Å². The van der Waals surface area contributed by atoms with Crippen LogP contribution in [-0.2, 0) is 44.9 Å². The molecule has 0 bridgehead atoms.